The molecule has 0 amide bonds. The molecule has 0 heterocycles. The van der Waals surface area contributed by atoms with Crippen LogP contribution in [0.15, 0.2) is 36.4 Å². The van der Waals surface area contributed by atoms with E-state index in [0.29, 0.717) is 40.6 Å². The minimum atomic E-state index is -0.362. The summed E-state index contributed by atoms with van der Waals surface area (Å²) < 4.78 is 18.9. The van der Waals surface area contributed by atoms with Gasteiger partial charge in [-0.25, -0.2) is 4.39 Å². The number of ether oxygens (including phenoxy) is 1. The average Bonchev–Trinajstić information content (AvgIpc) is 2.57. The van der Waals surface area contributed by atoms with Crippen LogP contribution in [-0.2, 0) is 16.0 Å². The highest BCUT2D eigenvalue weighted by Gasteiger charge is 2.13. The van der Waals surface area contributed by atoms with Crippen LogP contribution in [-0.4, -0.2) is 18.6 Å². The second kappa shape index (κ2) is 9.18. The molecule has 134 valence electrons. The highest BCUT2D eigenvalue weighted by atomic mass is 35.5. The third kappa shape index (κ3) is 5.70. The second-order valence-corrected chi connectivity index (χ2v) is 6.58. The number of nitrogens with two attached hydrogens (primary N) is 1. The van der Waals surface area contributed by atoms with Gasteiger partial charge in [0.15, 0.2) is 0 Å². The molecule has 0 spiro atoms. The molecule has 0 aromatic heterocycles. The standard InChI is InChI=1S/C19H20Cl2FNO2/c1-2-25-19(24)8-6-15(23)9-13-4-3-12(10-17(13)21)16-11-14(20)5-7-18(16)22/h3-5,7,10-11,15H,2,6,8-9,23H2,1H3. The van der Waals surface area contributed by atoms with Crippen molar-refractivity contribution in [3.05, 3.63) is 57.8 Å². The minimum absolute atomic E-state index is 0.212. The van der Waals surface area contributed by atoms with Crippen molar-refractivity contribution in [3.63, 3.8) is 0 Å². The molecule has 2 N–H and O–H groups in total. The van der Waals surface area contributed by atoms with Crippen LogP contribution in [0.25, 0.3) is 11.1 Å². The first kappa shape index (κ1) is 19.7. The molecule has 2 aromatic rings. The van der Waals surface area contributed by atoms with Crippen LogP contribution in [0, 0.1) is 5.82 Å². The topological polar surface area (TPSA) is 52.3 Å². The molecule has 0 saturated heterocycles. The van der Waals surface area contributed by atoms with Crippen LogP contribution in [0.2, 0.25) is 10.0 Å². The Morgan fingerprint density at radius 1 is 1.24 bits per heavy atom. The lowest BCUT2D eigenvalue weighted by molar-refractivity contribution is -0.143. The van der Waals surface area contributed by atoms with E-state index in [1.807, 2.05) is 6.07 Å². The van der Waals surface area contributed by atoms with Crippen LogP contribution in [0.5, 0.6) is 0 Å². The van der Waals surface area contributed by atoms with Crippen molar-refractivity contribution in [2.45, 2.75) is 32.2 Å². The van der Waals surface area contributed by atoms with E-state index in [1.54, 1.807) is 25.1 Å². The number of carbonyl (C=O) groups is 1. The number of carbonyl (C=O) groups excluding carboxylic acids is 1. The Bertz CT molecular complexity index is 752. The summed E-state index contributed by atoms with van der Waals surface area (Å²) in [5.41, 5.74) is 7.96. The molecular formula is C19H20Cl2FNO2. The van der Waals surface area contributed by atoms with Gasteiger partial charge in [-0.15, -0.1) is 0 Å². The van der Waals surface area contributed by atoms with Crippen molar-refractivity contribution < 1.29 is 13.9 Å². The van der Waals surface area contributed by atoms with E-state index >= 15 is 0 Å². The second-order valence-electron chi connectivity index (χ2n) is 5.74. The minimum Gasteiger partial charge on any atom is -0.466 e. The lowest BCUT2D eigenvalue weighted by Gasteiger charge is -2.13. The maximum atomic E-state index is 14.0. The van der Waals surface area contributed by atoms with Gasteiger partial charge in [-0.3, -0.25) is 4.79 Å². The molecule has 2 aromatic carbocycles. The summed E-state index contributed by atoms with van der Waals surface area (Å²) in [6.07, 6.45) is 1.31. The van der Waals surface area contributed by atoms with Gasteiger partial charge in [0.2, 0.25) is 0 Å². The molecule has 2 rings (SSSR count). The predicted molar refractivity (Wildman–Crippen MR) is 99.4 cm³/mol. The maximum absolute atomic E-state index is 14.0. The van der Waals surface area contributed by atoms with Crippen molar-refractivity contribution >= 4 is 29.2 Å². The lowest BCUT2D eigenvalue weighted by Crippen LogP contribution is -2.24. The molecule has 0 aliphatic carbocycles. The third-order valence-electron chi connectivity index (χ3n) is 3.80. The third-order valence-corrected chi connectivity index (χ3v) is 4.39. The summed E-state index contributed by atoms with van der Waals surface area (Å²) in [5, 5.41) is 0.959. The number of rotatable bonds is 7. The fourth-order valence-electron chi connectivity index (χ4n) is 2.52. The fraction of sp³-hybridized carbons (Fsp3) is 0.316. The van der Waals surface area contributed by atoms with Crippen molar-refractivity contribution in [1.29, 1.82) is 0 Å². The zero-order valence-electron chi connectivity index (χ0n) is 13.9. The Labute approximate surface area is 156 Å². The van der Waals surface area contributed by atoms with E-state index in [0.717, 1.165) is 5.56 Å². The zero-order chi connectivity index (χ0) is 18.4. The van der Waals surface area contributed by atoms with Gasteiger partial charge in [0.05, 0.1) is 6.61 Å². The first-order valence-corrected chi connectivity index (χ1v) is 8.81. The SMILES string of the molecule is CCOC(=O)CCC(N)Cc1ccc(-c2cc(Cl)ccc2F)cc1Cl. The summed E-state index contributed by atoms with van der Waals surface area (Å²) in [4.78, 5) is 11.4. The predicted octanol–water partition coefficient (Wildman–Crippen LogP) is 5.01. The molecule has 3 nitrogen and oxygen atoms in total. The molecule has 0 fully saturated rings. The van der Waals surface area contributed by atoms with Crippen molar-refractivity contribution in [2.75, 3.05) is 6.61 Å². The monoisotopic (exact) mass is 383 g/mol. The molecule has 0 radical (unpaired) electrons. The van der Waals surface area contributed by atoms with Gasteiger partial charge in [-0.05, 0) is 55.2 Å². The van der Waals surface area contributed by atoms with E-state index in [-0.39, 0.29) is 24.2 Å². The molecule has 25 heavy (non-hydrogen) atoms. The van der Waals surface area contributed by atoms with Crippen LogP contribution >= 0.6 is 23.2 Å². The van der Waals surface area contributed by atoms with Crippen LogP contribution in [0.1, 0.15) is 25.3 Å². The molecule has 0 aliphatic rings. The van der Waals surface area contributed by atoms with E-state index in [9.17, 15) is 9.18 Å². The Hall–Kier alpha value is -1.62. The highest BCUT2D eigenvalue weighted by molar-refractivity contribution is 6.32. The van der Waals surface area contributed by atoms with Crippen LogP contribution in [0.4, 0.5) is 4.39 Å². The van der Waals surface area contributed by atoms with Gasteiger partial charge in [0.25, 0.3) is 0 Å². The van der Waals surface area contributed by atoms with Crippen LogP contribution in [0.3, 0.4) is 0 Å². The smallest absolute Gasteiger partial charge is 0.305 e. The Balaban J connectivity index is 2.06. The molecule has 0 saturated carbocycles. The molecule has 1 unspecified atom stereocenters. The zero-order valence-corrected chi connectivity index (χ0v) is 15.4. The normalized spacial score (nSPS) is 12.0. The molecular weight excluding hydrogens is 364 g/mol. The molecule has 1 atom stereocenters. The Morgan fingerprint density at radius 2 is 2.00 bits per heavy atom. The van der Waals surface area contributed by atoms with E-state index in [1.165, 1.54) is 12.1 Å². The fourth-order valence-corrected chi connectivity index (χ4v) is 2.95. The Kier molecular flexibility index (Phi) is 7.24. The first-order valence-electron chi connectivity index (χ1n) is 8.05. The lowest BCUT2D eigenvalue weighted by atomic mass is 9.98. The van der Waals surface area contributed by atoms with Gasteiger partial charge >= 0.3 is 5.97 Å². The summed E-state index contributed by atoms with van der Waals surface area (Å²) >= 11 is 12.3. The van der Waals surface area contributed by atoms with E-state index in [4.69, 9.17) is 33.7 Å². The van der Waals surface area contributed by atoms with Crippen molar-refractivity contribution in [1.82, 2.24) is 0 Å². The number of esters is 1. The summed E-state index contributed by atoms with van der Waals surface area (Å²) in [6, 6.07) is 9.48. The Morgan fingerprint density at radius 3 is 2.68 bits per heavy atom. The van der Waals surface area contributed by atoms with E-state index in [2.05, 4.69) is 0 Å². The number of hydrogen-bond acceptors (Lipinski definition) is 3. The number of halogens is 3. The number of hydrogen-bond donors (Lipinski definition) is 1. The molecule has 0 aliphatic heterocycles. The summed E-state index contributed by atoms with van der Waals surface area (Å²) in [5.74, 6) is -0.616. The largest absolute Gasteiger partial charge is 0.466 e. The summed E-state index contributed by atoms with van der Waals surface area (Å²) in [7, 11) is 0. The van der Waals surface area contributed by atoms with Crippen molar-refractivity contribution in [2.24, 2.45) is 5.73 Å². The summed E-state index contributed by atoms with van der Waals surface area (Å²) in [6.45, 7) is 2.13. The van der Waals surface area contributed by atoms with Gasteiger partial charge in [-0.1, -0.05) is 35.3 Å². The van der Waals surface area contributed by atoms with Gasteiger partial charge < -0.3 is 10.5 Å². The quantitative estimate of drug-likeness (QED) is 0.683. The van der Waals surface area contributed by atoms with Gasteiger partial charge in [-0.2, -0.15) is 0 Å². The van der Waals surface area contributed by atoms with E-state index < -0.39 is 0 Å². The molecule has 0 bridgehead atoms. The average molecular weight is 384 g/mol. The molecule has 6 heteroatoms. The first-order chi connectivity index (χ1) is 11.9. The maximum Gasteiger partial charge on any atom is 0.305 e. The van der Waals surface area contributed by atoms with Gasteiger partial charge in [0, 0.05) is 28.1 Å². The van der Waals surface area contributed by atoms with Gasteiger partial charge in [0.1, 0.15) is 5.82 Å². The highest BCUT2D eigenvalue weighted by Crippen LogP contribution is 2.30. The van der Waals surface area contributed by atoms with Crippen LogP contribution < -0.4 is 5.73 Å². The number of benzene rings is 2. The van der Waals surface area contributed by atoms with Crippen molar-refractivity contribution in [3.8, 4) is 11.1 Å².